The molecule has 2 aliphatic rings. The van der Waals surface area contributed by atoms with Crippen LogP contribution < -0.4 is 0 Å². The lowest BCUT2D eigenvalue weighted by Crippen LogP contribution is -2.48. The molecule has 2 aromatic rings. The Hall–Kier alpha value is -2.96. The van der Waals surface area contributed by atoms with Crippen LogP contribution in [-0.2, 0) is 16.1 Å². The number of piperidine rings is 1. The highest BCUT2D eigenvalue weighted by Crippen LogP contribution is 2.34. The lowest BCUT2D eigenvalue weighted by molar-refractivity contribution is -0.141. The number of likely N-dealkylation sites (N-methyl/N-ethyl adjacent to an activating group) is 1. The minimum atomic E-state index is -0.249. The molecule has 2 aromatic carbocycles. The number of imide groups is 1. The highest BCUT2D eigenvalue weighted by Gasteiger charge is 2.44. The molecule has 0 aliphatic carbocycles. The summed E-state index contributed by atoms with van der Waals surface area (Å²) in [7, 11) is 1.76. The van der Waals surface area contributed by atoms with Gasteiger partial charge in [0.15, 0.2) is 0 Å². The van der Waals surface area contributed by atoms with Gasteiger partial charge < -0.3 is 10.0 Å². The largest absolute Gasteiger partial charge is 0.395 e. The van der Waals surface area contributed by atoms with E-state index in [1.807, 2.05) is 48.5 Å². The van der Waals surface area contributed by atoms with Gasteiger partial charge >= 0.3 is 0 Å². The lowest BCUT2D eigenvalue weighted by atomic mass is 10.0. The predicted molar refractivity (Wildman–Crippen MR) is 120 cm³/mol. The Kier molecular flexibility index (Phi) is 6.49. The minimum absolute atomic E-state index is 0.0819. The number of aliphatic hydroxyl groups is 1. The van der Waals surface area contributed by atoms with Crippen LogP contribution in [0.15, 0.2) is 66.4 Å². The molecule has 2 aliphatic heterocycles. The average Bonchev–Trinajstić information content (AvgIpc) is 3.06. The number of nitrogens with zero attached hydrogens (tertiary/aromatic N) is 3. The Morgan fingerprint density at radius 1 is 0.935 bits per heavy atom. The summed E-state index contributed by atoms with van der Waals surface area (Å²) in [6.07, 6.45) is 1.53. The third-order valence-electron chi connectivity index (χ3n) is 6.14. The molecule has 0 unspecified atom stereocenters. The van der Waals surface area contributed by atoms with Gasteiger partial charge in [-0.2, -0.15) is 0 Å². The predicted octanol–water partition coefficient (Wildman–Crippen LogP) is 2.36. The molecule has 2 heterocycles. The number of carbonyl (C=O) groups is 2. The summed E-state index contributed by atoms with van der Waals surface area (Å²) in [5.74, 6) is -0.473. The van der Waals surface area contributed by atoms with Crippen molar-refractivity contribution in [2.75, 3.05) is 33.3 Å². The number of likely N-dealkylation sites (tertiary alicyclic amines) is 1. The monoisotopic (exact) mass is 419 g/mol. The van der Waals surface area contributed by atoms with Crippen molar-refractivity contribution >= 4 is 17.4 Å². The van der Waals surface area contributed by atoms with Crippen LogP contribution in [0.4, 0.5) is 0 Å². The Labute approximate surface area is 183 Å². The molecule has 1 fully saturated rings. The number of amides is 2. The first-order valence-electron chi connectivity index (χ1n) is 10.9. The maximum Gasteiger partial charge on any atom is 0.278 e. The molecule has 6 heteroatoms. The second kappa shape index (κ2) is 9.45. The van der Waals surface area contributed by atoms with Crippen molar-refractivity contribution < 1.29 is 14.7 Å². The van der Waals surface area contributed by atoms with Gasteiger partial charge in [0.1, 0.15) is 5.70 Å². The number of hydrogen-bond acceptors (Lipinski definition) is 5. The molecule has 0 radical (unpaired) electrons. The molecule has 0 saturated carbocycles. The SMILES string of the molecule is CN(CCO)C1=C(c2ccccc2)C(=O)N(C2CCN(Cc3ccccc3)CC2)C1=O. The highest BCUT2D eigenvalue weighted by molar-refractivity contribution is 6.35. The summed E-state index contributed by atoms with van der Waals surface area (Å²) < 4.78 is 0. The normalized spacial score (nSPS) is 18.2. The molecule has 0 atom stereocenters. The minimum Gasteiger partial charge on any atom is -0.395 e. The Morgan fingerprint density at radius 3 is 2.16 bits per heavy atom. The quantitative estimate of drug-likeness (QED) is 0.698. The lowest BCUT2D eigenvalue weighted by Gasteiger charge is -2.36. The van der Waals surface area contributed by atoms with Gasteiger partial charge in [0.05, 0.1) is 12.2 Å². The fourth-order valence-corrected chi connectivity index (χ4v) is 4.52. The van der Waals surface area contributed by atoms with Gasteiger partial charge in [-0.15, -0.1) is 0 Å². The third kappa shape index (κ3) is 4.40. The summed E-state index contributed by atoms with van der Waals surface area (Å²) in [5.41, 5.74) is 2.84. The van der Waals surface area contributed by atoms with E-state index in [2.05, 4.69) is 17.0 Å². The van der Waals surface area contributed by atoms with Crippen molar-refractivity contribution in [2.24, 2.45) is 0 Å². The van der Waals surface area contributed by atoms with Crippen LogP contribution in [0.1, 0.15) is 24.0 Å². The van der Waals surface area contributed by atoms with Crippen molar-refractivity contribution in [3.05, 3.63) is 77.5 Å². The third-order valence-corrected chi connectivity index (χ3v) is 6.14. The number of aliphatic hydroxyl groups excluding tert-OH is 1. The van der Waals surface area contributed by atoms with Crippen LogP contribution >= 0.6 is 0 Å². The highest BCUT2D eigenvalue weighted by atomic mass is 16.3. The van der Waals surface area contributed by atoms with E-state index in [9.17, 15) is 14.7 Å². The maximum absolute atomic E-state index is 13.5. The van der Waals surface area contributed by atoms with Crippen LogP contribution in [0.3, 0.4) is 0 Å². The molecule has 31 heavy (non-hydrogen) atoms. The van der Waals surface area contributed by atoms with E-state index in [4.69, 9.17) is 0 Å². The van der Waals surface area contributed by atoms with Gasteiger partial charge in [0, 0.05) is 39.3 Å². The maximum atomic E-state index is 13.5. The molecule has 162 valence electrons. The number of hydrogen-bond donors (Lipinski definition) is 1. The topological polar surface area (TPSA) is 64.1 Å². The van der Waals surface area contributed by atoms with Gasteiger partial charge in [0.25, 0.3) is 11.8 Å². The Bertz CT molecular complexity index is 950. The molecule has 6 nitrogen and oxygen atoms in total. The molecular weight excluding hydrogens is 390 g/mol. The Balaban J connectivity index is 1.51. The molecule has 1 N–H and O–H groups in total. The molecule has 4 rings (SSSR count). The van der Waals surface area contributed by atoms with E-state index >= 15 is 0 Å². The van der Waals surface area contributed by atoms with Crippen molar-refractivity contribution in [3.8, 4) is 0 Å². The summed E-state index contributed by atoms with van der Waals surface area (Å²) in [5, 5.41) is 9.39. The first-order chi connectivity index (χ1) is 15.1. The van der Waals surface area contributed by atoms with E-state index in [0.29, 0.717) is 17.8 Å². The second-order valence-electron chi connectivity index (χ2n) is 8.21. The van der Waals surface area contributed by atoms with Gasteiger partial charge in [-0.1, -0.05) is 60.7 Å². The van der Waals surface area contributed by atoms with Crippen LogP contribution in [0, 0.1) is 0 Å². The fraction of sp³-hybridized carbons (Fsp3) is 0.360. The number of rotatable bonds is 7. The summed E-state index contributed by atoms with van der Waals surface area (Å²) >= 11 is 0. The first-order valence-corrected chi connectivity index (χ1v) is 10.9. The molecule has 2 amide bonds. The Morgan fingerprint density at radius 2 is 1.55 bits per heavy atom. The second-order valence-corrected chi connectivity index (χ2v) is 8.21. The fourth-order valence-electron chi connectivity index (χ4n) is 4.52. The van der Waals surface area contributed by atoms with E-state index in [1.54, 1.807) is 11.9 Å². The van der Waals surface area contributed by atoms with Gasteiger partial charge in [-0.25, -0.2) is 0 Å². The zero-order valence-electron chi connectivity index (χ0n) is 17.9. The van der Waals surface area contributed by atoms with E-state index in [-0.39, 0.29) is 24.5 Å². The van der Waals surface area contributed by atoms with Gasteiger partial charge in [-0.05, 0) is 24.0 Å². The van der Waals surface area contributed by atoms with Crippen molar-refractivity contribution in [1.29, 1.82) is 0 Å². The number of benzene rings is 2. The van der Waals surface area contributed by atoms with Crippen LogP contribution in [-0.4, -0.2) is 71.0 Å². The van der Waals surface area contributed by atoms with Crippen LogP contribution in [0.2, 0.25) is 0 Å². The van der Waals surface area contributed by atoms with Crippen molar-refractivity contribution in [3.63, 3.8) is 0 Å². The smallest absolute Gasteiger partial charge is 0.278 e. The van der Waals surface area contributed by atoms with E-state index in [0.717, 1.165) is 38.0 Å². The molecule has 0 bridgehead atoms. The van der Waals surface area contributed by atoms with Crippen LogP contribution in [0.5, 0.6) is 0 Å². The standard InChI is InChI=1S/C25H29N3O3/c1-26(16-17-29)23-22(20-10-6-3-7-11-20)24(30)28(25(23)31)21-12-14-27(15-13-21)18-19-8-4-2-5-9-19/h2-11,21,29H,12-18H2,1H3. The zero-order valence-corrected chi connectivity index (χ0v) is 17.9. The van der Waals surface area contributed by atoms with Gasteiger partial charge in [-0.3, -0.25) is 19.4 Å². The average molecular weight is 420 g/mol. The molecule has 1 saturated heterocycles. The molecule has 0 aromatic heterocycles. The van der Waals surface area contributed by atoms with E-state index in [1.165, 1.54) is 10.5 Å². The van der Waals surface area contributed by atoms with Crippen molar-refractivity contribution in [2.45, 2.75) is 25.4 Å². The van der Waals surface area contributed by atoms with Gasteiger partial charge in [0.2, 0.25) is 0 Å². The zero-order chi connectivity index (χ0) is 21.8. The van der Waals surface area contributed by atoms with E-state index < -0.39 is 0 Å². The van der Waals surface area contributed by atoms with Crippen molar-refractivity contribution in [1.82, 2.24) is 14.7 Å². The summed E-state index contributed by atoms with van der Waals surface area (Å²) in [6, 6.07) is 19.6. The first kappa shape index (κ1) is 21.3. The molecular formula is C25H29N3O3. The number of carbonyl (C=O) groups excluding carboxylic acids is 2. The van der Waals surface area contributed by atoms with Crippen LogP contribution in [0.25, 0.3) is 5.57 Å². The molecule has 0 spiro atoms. The summed E-state index contributed by atoms with van der Waals surface area (Å²) in [4.78, 5) is 32.4. The summed E-state index contributed by atoms with van der Waals surface area (Å²) in [6.45, 7) is 2.79.